The Morgan fingerprint density at radius 1 is 1.12 bits per heavy atom. The second-order valence-electron chi connectivity index (χ2n) is 5.38. The number of hydrogen-bond acceptors (Lipinski definition) is 4. The molecule has 2 aromatic carbocycles. The van der Waals surface area contributed by atoms with E-state index in [-0.39, 0.29) is 18.0 Å². The Hall–Kier alpha value is -2.86. The van der Waals surface area contributed by atoms with Gasteiger partial charge in [0.1, 0.15) is 6.54 Å². The van der Waals surface area contributed by atoms with Gasteiger partial charge in [0.15, 0.2) is 0 Å². The maximum absolute atomic E-state index is 12.2. The van der Waals surface area contributed by atoms with Gasteiger partial charge >= 0.3 is 0 Å². The number of thioether (sulfide) groups is 1. The summed E-state index contributed by atoms with van der Waals surface area (Å²) >= 11 is 1.63. The third-order valence-corrected chi connectivity index (χ3v) is 4.38. The third-order valence-electron chi connectivity index (χ3n) is 3.64. The molecule has 25 heavy (non-hydrogen) atoms. The number of benzene rings is 2. The molecule has 0 radical (unpaired) electrons. The van der Waals surface area contributed by atoms with Crippen LogP contribution in [-0.2, 0) is 11.3 Å². The van der Waals surface area contributed by atoms with Crippen molar-refractivity contribution in [1.82, 2.24) is 9.55 Å². The number of nitrogens with one attached hydrogen (secondary N) is 1. The molecule has 0 unspecified atom stereocenters. The summed E-state index contributed by atoms with van der Waals surface area (Å²) in [6.07, 6.45) is 3.40. The average Bonchev–Trinajstić information content (AvgIpc) is 2.65. The number of anilines is 1. The van der Waals surface area contributed by atoms with Crippen LogP contribution in [0.1, 0.15) is 0 Å². The molecule has 0 atom stereocenters. The lowest BCUT2D eigenvalue weighted by molar-refractivity contribution is -0.116. The predicted octanol–water partition coefficient (Wildman–Crippen LogP) is 3.27. The fourth-order valence-corrected chi connectivity index (χ4v) is 2.75. The molecule has 0 saturated heterocycles. The van der Waals surface area contributed by atoms with Gasteiger partial charge in [0, 0.05) is 22.2 Å². The third kappa shape index (κ3) is 4.36. The van der Waals surface area contributed by atoms with Gasteiger partial charge in [0.2, 0.25) is 5.91 Å². The number of amides is 1. The smallest absolute Gasteiger partial charge is 0.254 e. The highest BCUT2D eigenvalue weighted by Gasteiger charge is 2.07. The van der Waals surface area contributed by atoms with Crippen molar-refractivity contribution in [2.45, 2.75) is 11.4 Å². The molecular weight excluding hydrogens is 334 g/mol. The van der Waals surface area contributed by atoms with Gasteiger partial charge in [0.25, 0.3) is 5.56 Å². The molecule has 5 nitrogen and oxygen atoms in total. The molecule has 0 saturated carbocycles. The summed E-state index contributed by atoms with van der Waals surface area (Å²) in [6.45, 7) is -0.0782. The highest BCUT2D eigenvalue weighted by atomic mass is 32.2. The minimum atomic E-state index is -0.270. The second kappa shape index (κ2) is 7.81. The van der Waals surface area contributed by atoms with Crippen LogP contribution in [0, 0.1) is 0 Å². The normalized spacial score (nSPS) is 10.4. The Bertz CT molecular complexity index is 921. The van der Waals surface area contributed by atoms with Crippen molar-refractivity contribution in [3.63, 3.8) is 0 Å². The van der Waals surface area contributed by atoms with E-state index in [4.69, 9.17) is 0 Å². The van der Waals surface area contributed by atoms with Gasteiger partial charge in [-0.05, 0) is 30.5 Å². The molecule has 0 spiro atoms. The zero-order chi connectivity index (χ0) is 17.6. The fraction of sp³-hybridized carbons (Fsp3) is 0.105. The summed E-state index contributed by atoms with van der Waals surface area (Å²) in [5.41, 5.74) is 1.89. The molecule has 0 aliphatic rings. The Kier molecular flexibility index (Phi) is 5.30. The van der Waals surface area contributed by atoms with Crippen LogP contribution >= 0.6 is 11.8 Å². The average molecular weight is 351 g/mol. The van der Waals surface area contributed by atoms with E-state index in [2.05, 4.69) is 10.3 Å². The van der Waals surface area contributed by atoms with E-state index in [1.54, 1.807) is 11.8 Å². The second-order valence-corrected chi connectivity index (χ2v) is 6.26. The largest absolute Gasteiger partial charge is 0.325 e. The Morgan fingerprint density at radius 3 is 2.48 bits per heavy atom. The summed E-state index contributed by atoms with van der Waals surface area (Å²) in [7, 11) is 0. The van der Waals surface area contributed by atoms with Crippen molar-refractivity contribution in [2.24, 2.45) is 0 Å². The number of hydrogen-bond donors (Lipinski definition) is 1. The van der Waals surface area contributed by atoms with Crippen molar-refractivity contribution in [2.75, 3.05) is 11.6 Å². The van der Waals surface area contributed by atoms with Crippen molar-refractivity contribution in [1.29, 1.82) is 0 Å². The molecule has 0 bridgehead atoms. The topological polar surface area (TPSA) is 64.0 Å². The van der Waals surface area contributed by atoms with E-state index in [1.807, 2.05) is 60.9 Å². The zero-order valence-corrected chi connectivity index (χ0v) is 14.5. The van der Waals surface area contributed by atoms with Crippen LogP contribution in [0.5, 0.6) is 0 Å². The highest BCUT2D eigenvalue weighted by molar-refractivity contribution is 7.98. The van der Waals surface area contributed by atoms with Gasteiger partial charge in [-0.25, -0.2) is 4.98 Å². The molecule has 3 rings (SSSR count). The summed E-state index contributed by atoms with van der Waals surface area (Å²) in [6, 6.07) is 18.4. The van der Waals surface area contributed by atoms with Gasteiger partial charge in [0.05, 0.1) is 12.0 Å². The summed E-state index contributed by atoms with van der Waals surface area (Å²) < 4.78 is 1.29. The van der Waals surface area contributed by atoms with Crippen LogP contribution in [0.3, 0.4) is 0 Å². The lowest BCUT2D eigenvalue weighted by Gasteiger charge is -2.08. The molecule has 126 valence electrons. The maximum Gasteiger partial charge on any atom is 0.254 e. The molecule has 6 heteroatoms. The first kappa shape index (κ1) is 17.0. The van der Waals surface area contributed by atoms with E-state index >= 15 is 0 Å². The first-order valence-corrected chi connectivity index (χ1v) is 8.94. The van der Waals surface area contributed by atoms with Crippen LogP contribution in [-0.4, -0.2) is 21.7 Å². The quantitative estimate of drug-likeness (QED) is 0.717. The van der Waals surface area contributed by atoms with E-state index in [0.29, 0.717) is 11.4 Å². The van der Waals surface area contributed by atoms with Crippen molar-refractivity contribution in [3.05, 3.63) is 77.3 Å². The van der Waals surface area contributed by atoms with Crippen molar-refractivity contribution >= 4 is 23.4 Å². The highest BCUT2D eigenvalue weighted by Crippen LogP contribution is 2.17. The lowest BCUT2D eigenvalue weighted by Crippen LogP contribution is -2.27. The number of carbonyl (C=O) groups excluding carboxylic acids is 1. The molecule has 0 aliphatic heterocycles. The van der Waals surface area contributed by atoms with Crippen LogP contribution in [0.15, 0.2) is 76.7 Å². The van der Waals surface area contributed by atoms with E-state index in [9.17, 15) is 9.59 Å². The Morgan fingerprint density at radius 2 is 1.84 bits per heavy atom. The first-order valence-electron chi connectivity index (χ1n) is 7.71. The van der Waals surface area contributed by atoms with Crippen LogP contribution in [0.4, 0.5) is 5.69 Å². The van der Waals surface area contributed by atoms with E-state index in [0.717, 1.165) is 10.5 Å². The van der Waals surface area contributed by atoms with E-state index < -0.39 is 0 Å². The zero-order valence-electron chi connectivity index (χ0n) is 13.7. The Labute approximate surface area is 149 Å². The lowest BCUT2D eigenvalue weighted by atomic mass is 10.1. The van der Waals surface area contributed by atoms with Gasteiger partial charge in [-0.2, -0.15) is 0 Å². The van der Waals surface area contributed by atoms with Crippen molar-refractivity contribution < 1.29 is 4.79 Å². The number of rotatable bonds is 5. The predicted molar refractivity (Wildman–Crippen MR) is 101 cm³/mol. The number of aromatic nitrogens is 2. The summed E-state index contributed by atoms with van der Waals surface area (Å²) in [5, 5.41) is 2.78. The molecule has 0 aliphatic carbocycles. The summed E-state index contributed by atoms with van der Waals surface area (Å²) in [5.74, 6) is -0.270. The first-order chi connectivity index (χ1) is 12.2. The minimum absolute atomic E-state index is 0.0782. The molecule has 3 aromatic rings. The standard InChI is InChI=1S/C19H17N3O2S/c1-25-16-9-7-15(8-10-16)21-18(23)12-22-13-20-17(11-19(22)24)14-5-3-2-4-6-14/h2-11,13H,12H2,1H3,(H,21,23). The van der Waals surface area contributed by atoms with Gasteiger partial charge < -0.3 is 5.32 Å². The van der Waals surface area contributed by atoms with Gasteiger partial charge in [-0.3, -0.25) is 14.2 Å². The van der Waals surface area contributed by atoms with Crippen LogP contribution in [0.25, 0.3) is 11.3 Å². The maximum atomic E-state index is 12.2. The van der Waals surface area contributed by atoms with Crippen LogP contribution < -0.4 is 10.9 Å². The monoisotopic (exact) mass is 351 g/mol. The van der Waals surface area contributed by atoms with Crippen molar-refractivity contribution in [3.8, 4) is 11.3 Å². The molecule has 1 N–H and O–H groups in total. The molecular formula is C19H17N3O2S. The van der Waals surface area contributed by atoms with E-state index in [1.165, 1.54) is 17.0 Å². The molecule has 1 heterocycles. The van der Waals surface area contributed by atoms with Gasteiger partial charge in [-0.1, -0.05) is 30.3 Å². The van der Waals surface area contributed by atoms with Crippen LogP contribution in [0.2, 0.25) is 0 Å². The van der Waals surface area contributed by atoms with Gasteiger partial charge in [-0.15, -0.1) is 11.8 Å². The molecule has 1 amide bonds. The number of carbonyl (C=O) groups is 1. The Balaban J connectivity index is 1.70. The minimum Gasteiger partial charge on any atom is -0.325 e. The summed E-state index contributed by atoms with van der Waals surface area (Å²) in [4.78, 5) is 29.8. The fourth-order valence-electron chi connectivity index (χ4n) is 2.34. The number of nitrogens with zero attached hydrogens (tertiary/aromatic N) is 2. The molecule has 0 fully saturated rings. The molecule has 1 aromatic heterocycles. The SMILES string of the molecule is CSc1ccc(NC(=O)Cn2cnc(-c3ccccc3)cc2=O)cc1.